The number of aromatic nitrogens is 4. The Bertz CT molecular complexity index is 1550. The van der Waals surface area contributed by atoms with Crippen LogP contribution in [-0.2, 0) is 14.8 Å². The van der Waals surface area contributed by atoms with E-state index in [9.17, 15) is 8.42 Å². The van der Waals surface area contributed by atoms with Gasteiger partial charge < -0.3 is 24.4 Å². The van der Waals surface area contributed by atoms with Gasteiger partial charge in [0, 0.05) is 42.3 Å². The van der Waals surface area contributed by atoms with Gasteiger partial charge in [-0.2, -0.15) is 0 Å². The predicted octanol–water partition coefficient (Wildman–Crippen LogP) is 4.65. The van der Waals surface area contributed by atoms with E-state index in [1.54, 1.807) is 18.2 Å². The number of aromatic amines is 1. The summed E-state index contributed by atoms with van der Waals surface area (Å²) in [6, 6.07) is 13.0. The molecule has 3 N–H and O–H groups in total. The molecule has 12 heteroatoms. The summed E-state index contributed by atoms with van der Waals surface area (Å²) in [5.41, 5.74) is 3.38. The highest BCUT2D eigenvalue weighted by Gasteiger charge is 2.29. The van der Waals surface area contributed by atoms with E-state index < -0.39 is 10.0 Å². The van der Waals surface area contributed by atoms with Crippen molar-refractivity contribution in [3.63, 3.8) is 0 Å². The molecule has 2 aliphatic rings. The van der Waals surface area contributed by atoms with E-state index in [4.69, 9.17) is 9.15 Å². The lowest BCUT2D eigenvalue weighted by atomic mass is 9.86. The summed E-state index contributed by atoms with van der Waals surface area (Å²) in [7, 11) is -3.70. The van der Waals surface area contributed by atoms with E-state index >= 15 is 0 Å². The Morgan fingerprint density at radius 2 is 1.75 bits per heavy atom. The zero-order valence-electron chi connectivity index (χ0n) is 22.8. The van der Waals surface area contributed by atoms with Crippen molar-refractivity contribution < 1.29 is 17.6 Å². The minimum absolute atomic E-state index is 0.138. The zero-order valence-corrected chi connectivity index (χ0v) is 23.6. The summed E-state index contributed by atoms with van der Waals surface area (Å²) < 4.78 is 40.6. The lowest BCUT2D eigenvalue weighted by molar-refractivity contribution is 0.122. The van der Waals surface area contributed by atoms with E-state index in [0.717, 1.165) is 56.0 Å². The molecule has 0 bridgehead atoms. The Morgan fingerprint density at radius 3 is 2.45 bits per heavy atom. The van der Waals surface area contributed by atoms with Crippen molar-refractivity contribution in [1.82, 2.24) is 24.9 Å². The van der Waals surface area contributed by atoms with Crippen LogP contribution in [0, 0.1) is 0 Å². The van der Waals surface area contributed by atoms with Crippen LogP contribution in [0.4, 0.5) is 17.3 Å². The topological polar surface area (TPSA) is 138 Å². The molecule has 0 radical (unpaired) electrons. The summed E-state index contributed by atoms with van der Waals surface area (Å²) in [6.07, 6.45) is 3.03. The number of sulfonamides is 1. The van der Waals surface area contributed by atoms with Gasteiger partial charge in [0.2, 0.25) is 27.8 Å². The molecular formula is C28H35N7O4S. The Labute approximate surface area is 233 Å². The lowest BCUT2D eigenvalue weighted by Gasteiger charge is -2.28. The minimum Gasteiger partial charge on any atom is -0.425 e. The van der Waals surface area contributed by atoms with Crippen molar-refractivity contribution >= 4 is 38.4 Å². The monoisotopic (exact) mass is 565 g/mol. The van der Waals surface area contributed by atoms with E-state index in [2.05, 4.69) is 47.2 Å². The van der Waals surface area contributed by atoms with Crippen molar-refractivity contribution in [3.05, 3.63) is 54.2 Å². The quantitative estimate of drug-likeness (QED) is 0.279. The Hall–Kier alpha value is -3.48. The first-order valence-corrected chi connectivity index (χ1v) is 15.4. The summed E-state index contributed by atoms with van der Waals surface area (Å²) >= 11 is 0. The molecule has 11 nitrogen and oxygen atoms in total. The summed E-state index contributed by atoms with van der Waals surface area (Å²) in [5.74, 6) is 2.22. The number of H-pyrrole nitrogens is 1. The SMILES string of the molecule is CC(C)c1nnc([C@H]2CC[C@H](NS(=O)(=O)c3ccc4[nH]c(Nc5ccc(N6CCOCC6)cc5)nc4c3)CC2)o1. The third-order valence-corrected chi connectivity index (χ3v) is 9.14. The van der Waals surface area contributed by atoms with Crippen LogP contribution in [0.15, 0.2) is 51.8 Å². The largest absolute Gasteiger partial charge is 0.425 e. The number of benzene rings is 2. The second-order valence-electron chi connectivity index (χ2n) is 10.8. The fraction of sp³-hybridized carbons (Fsp3) is 0.464. The van der Waals surface area contributed by atoms with Crippen LogP contribution in [-0.4, -0.2) is 60.9 Å². The molecular weight excluding hydrogens is 530 g/mol. The zero-order chi connectivity index (χ0) is 27.7. The number of fused-ring (bicyclic) bond motifs is 1. The number of nitrogens with one attached hydrogen (secondary N) is 3. The predicted molar refractivity (Wildman–Crippen MR) is 153 cm³/mol. The van der Waals surface area contributed by atoms with Crippen LogP contribution in [0.1, 0.15) is 63.1 Å². The van der Waals surface area contributed by atoms with Crippen molar-refractivity contribution in [2.75, 3.05) is 36.5 Å². The molecule has 1 saturated heterocycles. The molecule has 1 aliphatic carbocycles. The molecule has 2 fully saturated rings. The highest BCUT2D eigenvalue weighted by Crippen LogP contribution is 2.33. The maximum Gasteiger partial charge on any atom is 0.240 e. The van der Waals surface area contributed by atoms with Gasteiger partial charge in [-0.1, -0.05) is 13.8 Å². The molecule has 4 aromatic rings. The first kappa shape index (κ1) is 26.7. The maximum absolute atomic E-state index is 13.2. The molecule has 0 unspecified atom stereocenters. The van der Waals surface area contributed by atoms with Gasteiger partial charge in [0.15, 0.2) is 0 Å². The van der Waals surface area contributed by atoms with Gasteiger partial charge in [0.05, 0.1) is 29.1 Å². The average molecular weight is 566 g/mol. The molecule has 40 heavy (non-hydrogen) atoms. The van der Waals surface area contributed by atoms with Crippen LogP contribution < -0.4 is 14.9 Å². The third kappa shape index (κ3) is 5.84. The number of hydrogen-bond acceptors (Lipinski definition) is 9. The summed E-state index contributed by atoms with van der Waals surface area (Å²) in [4.78, 5) is 10.3. The molecule has 2 aromatic carbocycles. The van der Waals surface area contributed by atoms with Crippen LogP contribution in [0.25, 0.3) is 11.0 Å². The van der Waals surface area contributed by atoms with Crippen molar-refractivity contribution in [2.45, 2.75) is 62.3 Å². The number of morpholine rings is 1. The number of nitrogens with zero attached hydrogens (tertiary/aromatic N) is 4. The Kier molecular flexibility index (Phi) is 7.47. The van der Waals surface area contributed by atoms with Crippen LogP contribution >= 0.6 is 0 Å². The van der Waals surface area contributed by atoms with E-state index in [-0.39, 0.29) is 22.8 Å². The van der Waals surface area contributed by atoms with Gasteiger partial charge in [-0.3, -0.25) is 0 Å². The first-order valence-electron chi connectivity index (χ1n) is 13.9. The third-order valence-electron chi connectivity index (χ3n) is 7.62. The Balaban J connectivity index is 1.08. The van der Waals surface area contributed by atoms with Gasteiger partial charge in [0.1, 0.15) is 0 Å². The summed E-state index contributed by atoms with van der Waals surface area (Å²) in [5, 5.41) is 11.6. The first-order chi connectivity index (χ1) is 19.3. The van der Waals surface area contributed by atoms with Crippen molar-refractivity contribution in [2.24, 2.45) is 0 Å². The van der Waals surface area contributed by atoms with Gasteiger partial charge >= 0.3 is 0 Å². The number of rotatable bonds is 8. The smallest absolute Gasteiger partial charge is 0.240 e. The summed E-state index contributed by atoms with van der Waals surface area (Å²) in [6.45, 7) is 7.30. The molecule has 0 amide bonds. The van der Waals surface area contributed by atoms with Crippen LogP contribution in [0.5, 0.6) is 0 Å². The second-order valence-corrected chi connectivity index (χ2v) is 12.6. The van der Waals surface area contributed by atoms with E-state index in [1.165, 1.54) is 0 Å². The molecule has 1 aliphatic heterocycles. The van der Waals surface area contributed by atoms with Crippen molar-refractivity contribution in [3.8, 4) is 0 Å². The molecule has 0 atom stereocenters. The standard InChI is InChI=1S/C28H35N7O4S/c1-18(2)26-32-33-27(39-26)19-3-5-21(6-4-19)34-40(36,37)23-11-12-24-25(17-23)31-28(30-24)29-20-7-9-22(10-8-20)35-13-15-38-16-14-35/h7-12,17-19,21,34H,3-6,13-16H2,1-2H3,(H2,29,30,31)/t19-,21-. The number of ether oxygens (including phenoxy) is 1. The number of anilines is 3. The van der Waals surface area contributed by atoms with E-state index in [1.807, 2.05) is 26.0 Å². The second kappa shape index (κ2) is 11.2. The Morgan fingerprint density at radius 1 is 1.00 bits per heavy atom. The fourth-order valence-electron chi connectivity index (χ4n) is 5.32. The van der Waals surface area contributed by atoms with Gasteiger partial charge in [-0.05, 0) is 68.1 Å². The fourth-order valence-corrected chi connectivity index (χ4v) is 6.64. The molecule has 0 spiro atoms. The highest BCUT2D eigenvalue weighted by atomic mass is 32.2. The molecule has 3 heterocycles. The maximum atomic E-state index is 13.2. The lowest BCUT2D eigenvalue weighted by Crippen LogP contribution is -2.37. The number of imidazole rings is 1. The average Bonchev–Trinajstić information content (AvgIpc) is 3.61. The van der Waals surface area contributed by atoms with Gasteiger partial charge in [-0.15, -0.1) is 10.2 Å². The van der Waals surface area contributed by atoms with Gasteiger partial charge in [-0.25, -0.2) is 18.1 Å². The van der Waals surface area contributed by atoms with Crippen LogP contribution in [0.3, 0.4) is 0 Å². The molecule has 212 valence electrons. The van der Waals surface area contributed by atoms with Crippen molar-refractivity contribution in [1.29, 1.82) is 0 Å². The minimum atomic E-state index is -3.70. The molecule has 2 aromatic heterocycles. The highest BCUT2D eigenvalue weighted by molar-refractivity contribution is 7.89. The van der Waals surface area contributed by atoms with Gasteiger partial charge in [0.25, 0.3) is 0 Å². The molecule has 6 rings (SSSR count). The van der Waals surface area contributed by atoms with Crippen LogP contribution in [0.2, 0.25) is 0 Å². The molecule has 1 saturated carbocycles. The normalized spacial score (nSPS) is 20.3. The number of hydrogen-bond donors (Lipinski definition) is 3. The van der Waals surface area contributed by atoms with E-state index in [0.29, 0.717) is 36.1 Å².